The SMILES string of the molecule is Cc1ncsc1C(=O)NCc1ccc(N2CCOCC2)nc1. The second-order valence-corrected chi connectivity index (χ2v) is 5.93. The number of thiazole rings is 1. The van der Waals surface area contributed by atoms with E-state index in [1.807, 2.05) is 25.3 Å². The minimum absolute atomic E-state index is 0.0859. The average molecular weight is 318 g/mol. The maximum atomic E-state index is 12.0. The third-order valence-corrected chi connectivity index (χ3v) is 4.48. The molecule has 1 fully saturated rings. The van der Waals surface area contributed by atoms with Crippen molar-refractivity contribution in [1.29, 1.82) is 0 Å². The summed E-state index contributed by atoms with van der Waals surface area (Å²) in [5, 5.41) is 2.90. The maximum Gasteiger partial charge on any atom is 0.263 e. The molecule has 116 valence electrons. The molecule has 0 unspecified atom stereocenters. The van der Waals surface area contributed by atoms with Crippen molar-refractivity contribution in [2.45, 2.75) is 13.5 Å². The molecular formula is C15H18N4O2S. The number of rotatable bonds is 4. The number of morpholine rings is 1. The largest absolute Gasteiger partial charge is 0.378 e. The highest BCUT2D eigenvalue weighted by Crippen LogP contribution is 2.14. The molecule has 0 aliphatic carbocycles. The van der Waals surface area contributed by atoms with Gasteiger partial charge in [-0.2, -0.15) is 0 Å². The molecule has 1 aliphatic rings. The summed E-state index contributed by atoms with van der Waals surface area (Å²) in [5.74, 6) is 0.869. The van der Waals surface area contributed by atoms with Gasteiger partial charge in [-0.25, -0.2) is 9.97 Å². The van der Waals surface area contributed by atoms with Crippen LogP contribution in [0.5, 0.6) is 0 Å². The van der Waals surface area contributed by atoms with Crippen LogP contribution in [-0.2, 0) is 11.3 Å². The van der Waals surface area contributed by atoms with Crippen LogP contribution in [0.15, 0.2) is 23.8 Å². The van der Waals surface area contributed by atoms with Crippen LogP contribution in [0, 0.1) is 6.92 Å². The summed E-state index contributed by atoms with van der Waals surface area (Å²) in [7, 11) is 0. The highest BCUT2D eigenvalue weighted by atomic mass is 32.1. The summed E-state index contributed by atoms with van der Waals surface area (Å²) in [6.07, 6.45) is 1.81. The monoisotopic (exact) mass is 318 g/mol. The number of nitrogens with one attached hydrogen (secondary N) is 1. The number of hydrogen-bond donors (Lipinski definition) is 1. The van der Waals surface area contributed by atoms with Crippen molar-refractivity contribution >= 4 is 23.1 Å². The number of aromatic nitrogens is 2. The van der Waals surface area contributed by atoms with E-state index in [2.05, 4.69) is 20.2 Å². The number of carbonyl (C=O) groups is 1. The zero-order valence-electron chi connectivity index (χ0n) is 12.4. The Kier molecular flexibility index (Phi) is 4.65. The van der Waals surface area contributed by atoms with Crippen LogP contribution in [0.1, 0.15) is 20.9 Å². The van der Waals surface area contributed by atoms with Crippen LogP contribution in [-0.4, -0.2) is 42.2 Å². The Morgan fingerprint density at radius 1 is 1.36 bits per heavy atom. The van der Waals surface area contributed by atoms with Crippen molar-refractivity contribution in [3.05, 3.63) is 40.0 Å². The number of amides is 1. The molecule has 1 aliphatic heterocycles. The Morgan fingerprint density at radius 3 is 2.82 bits per heavy atom. The highest BCUT2D eigenvalue weighted by Gasteiger charge is 2.13. The Bertz CT molecular complexity index is 635. The van der Waals surface area contributed by atoms with Crippen molar-refractivity contribution in [2.24, 2.45) is 0 Å². The van der Waals surface area contributed by atoms with Gasteiger partial charge in [0, 0.05) is 25.8 Å². The number of hydrogen-bond acceptors (Lipinski definition) is 6. The lowest BCUT2D eigenvalue weighted by atomic mass is 10.2. The van der Waals surface area contributed by atoms with Gasteiger partial charge in [-0.3, -0.25) is 4.79 Å². The predicted molar refractivity (Wildman–Crippen MR) is 85.3 cm³/mol. The number of pyridine rings is 1. The van der Waals surface area contributed by atoms with Gasteiger partial charge in [0.05, 0.1) is 24.4 Å². The molecule has 3 heterocycles. The second-order valence-electron chi connectivity index (χ2n) is 5.07. The molecule has 6 nitrogen and oxygen atoms in total. The van der Waals surface area contributed by atoms with E-state index in [9.17, 15) is 4.79 Å². The predicted octanol–water partition coefficient (Wildman–Crippen LogP) is 1.61. The van der Waals surface area contributed by atoms with Crippen LogP contribution >= 0.6 is 11.3 Å². The lowest BCUT2D eigenvalue weighted by molar-refractivity contribution is 0.0954. The van der Waals surface area contributed by atoms with Crippen LogP contribution < -0.4 is 10.2 Å². The van der Waals surface area contributed by atoms with E-state index in [0.29, 0.717) is 11.4 Å². The average Bonchev–Trinajstić information content (AvgIpc) is 3.00. The molecule has 0 bridgehead atoms. The molecule has 1 amide bonds. The lowest BCUT2D eigenvalue weighted by Gasteiger charge is -2.27. The molecule has 2 aromatic heterocycles. The zero-order chi connectivity index (χ0) is 15.4. The first kappa shape index (κ1) is 14.9. The van der Waals surface area contributed by atoms with Gasteiger partial charge >= 0.3 is 0 Å². The van der Waals surface area contributed by atoms with Crippen molar-refractivity contribution in [1.82, 2.24) is 15.3 Å². The number of anilines is 1. The first-order valence-electron chi connectivity index (χ1n) is 7.20. The van der Waals surface area contributed by atoms with E-state index in [0.717, 1.165) is 43.4 Å². The van der Waals surface area contributed by atoms with Crippen LogP contribution in [0.2, 0.25) is 0 Å². The van der Waals surface area contributed by atoms with Gasteiger partial charge in [0.25, 0.3) is 5.91 Å². The molecule has 0 aromatic carbocycles. The van der Waals surface area contributed by atoms with Gasteiger partial charge in [-0.15, -0.1) is 11.3 Å². The molecule has 22 heavy (non-hydrogen) atoms. The maximum absolute atomic E-state index is 12.0. The summed E-state index contributed by atoms with van der Waals surface area (Å²) in [5.41, 5.74) is 3.43. The van der Waals surface area contributed by atoms with Gasteiger partial charge in [0.1, 0.15) is 10.7 Å². The zero-order valence-corrected chi connectivity index (χ0v) is 13.2. The highest BCUT2D eigenvalue weighted by molar-refractivity contribution is 7.11. The Balaban J connectivity index is 1.57. The summed E-state index contributed by atoms with van der Waals surface area (Å²) in [6.45, 7) is 5.53. The quantitative estimate of drug-likeness (QED) is 0.928. The fourth-order valence-electron chi connectivity index (χ4n) is 2.28. The minimum Gasteiger partial charge on any atom is -0.378 e. The third kappa shape index (κ3) is 3.42. The van der Waals surface area contributed by atoms with E-state index in [1.54, 1.807) is 5.51 Å². The first-order chi connectivity index (χ1) is 10.7. The summed E-state index contributed by atoms with van der Waals surface area (Å²) in [6, 6.07) is 3.99. The van der Waals surface area contributed by atoms with E-state index in [1.165, 1.54) is 11.3 Å². The molecule has 7 heteroatoms. The van der Waals surface area contributed by atoms with Gasteiger partial charge in [0.15, 0.2) is 0 Å². The number of aryl methyl sites for hydroxylation is 1. The fraction of sp³-hybridized carbons (Fsp3) is 0.400. The van der Waals surface area contributed by atoms with Crippen molar-refractivity contribution in [2.75, 3.05) is 31.2 Å². The van der Waals surface area contributed by atoms with Crippen LogP contribution in [0.25, 0.3) is 0 Å². The molecule has 0 atom stereocenters. The van der Waals surface area contributed by atoms with Crippen molar-refractivity contribution < 1.29 is 9.53 Å². The van der Waals surface area contributed by atoms with Crippen LogP contribution in [0.3, 0.4) is 0 Å². The summed E-state index contributed by atoms with van der Waals surface area (Å²) >= 11 is 1.36. The molecule has 1 saturated heterocycles. The lowest BCUT2D eigenvalue weighted by Crippen LogP contribution is -2.36. The van der Waals surface area contributed by atoms with Crippen molar-refractivity contribution in [3.63, 3.8) is 0 Å². The van der Waals surface area contributed by atoms with E-state index in [-0.39, 0.29) is 5.91 Å². The van der Waals surface area contributed by atoms with Gasteiger partial charge in [-0.05, 0) is 18.6 Å². The normalized spacial score (nSPS) is 14.9. The minimum atomic E-state index is -0.0859. The number of carbonyl (C=O) groups excluding carboxylic acids is 1. The number of nitrogens with zero attached hydrogens (tertiary/aromatic N) is 3. The Hall–Kier alpha value is -1.99. The smallest absolute Gasteiger partial charge is 0.263 e. The standard InChI is InChI=1S/C15H18N4O2S/c1-11-14(22-10-18-11)15(20)17-9-12-2-3-13(16-8-12)19-4-6-21-7-5-19/h2-3,8,10H,4-7,9H2,1H3,(H,17,20). The van der Waals surface area contributed by atoms with Crippen LogP contribution in [0.4, 0.5) is 5.82 Å². The molecule has 2 aromatic rings. The molecular weight excluding hydrogens is 300 g/mol. The van der Waals surface area contributed by atoms with Gasteiger partial charge < -0.3 is 15.0 Å². The van der Waals surface area contributed by atoms with E-state index >= 15 is 0 Å². The van der Waals surface area contributed by atoms with Gasteiger partial charge in [-0.1, -0.05) is 6.07 Å². The first-order valence-corrected chi connectivity index (χ1v) is 8.08. The summed E-state index contributed by atoms with van der Waals surface area (Å²) < 4.78 is 5.33. The Labute approximate surface area is 133 Å². The molecule has 3 rings (SSSR count). The summed E-state index contributed by atoms with van der Waals surface area (Å²) in [4.78, 5) is 23.5. The fourth-order valence-corrected chi connectivity index (χ4v) is 3.00. The molecule has 0 radical (unpaired) electrons. The van der Waals surface area contributed by atoms with Gasteiger partial charge in [0.2, 0.25) is 0 Å². The van der Waals surface area contributed by atoms with E-state index < -0.39 is 0 Å². The topological polar surface area (TPSA) is 67.4 Å². The molecule has 1 N–H and O–H groups in total. The van der Waals surface area contributed by atoms with E-state index in [4.69, 9.17) is 4.74 Å². The third-order valence-electron chi connectivity index (χ3n) is 3.55. The molecule has 0 spiro atoms. The number of ether oxygens (including phenoxy) is 1. The Morgan fingerprint density at radius 2 is 2.18 bits per heavy atom. The second kappa shape index (κ2) is 6.85. The molecule has 0 saturated carbocycles. The van der Waals surface area contributed by atoms with Crippen molar-refractivity contribution in [3.8, 4) is 0 Å².